The normalized spacial score (nSPS) is 31.1. The van der Waals surface area contributed by atoms with Gasteiger partial charge in [-0.05, 0) is 32.9 Å². The summed E-state index contributed by atoms with van der Waals surface area (Å²) in [5, 5.41) is 0. The van der Waals surface area contributed by atoms with E-state index in [4.69, 9.17) is 5.73 Å². The molecule has 2 aliphatic rings. The number of likely N-dealkylation sites (N-methyl/N-ethyl adjacent to an activating group) is 1. The molecule has 1 atom stereocenters. The molecule has 2 fully saturated rings. The average molecular weight is 239 g/mol. The Hall–Kier alpha value is -0.120. The maximum Gasteiger partial charge on any atom is 0.0348 e. The number of rotatable bonds is 2. The Morgan fingerprint density at radius 3 is 2.35 bits per heavy atom. The molecule has 3 heteroatoms. The van der Waals surface area contributed by atoms with Crippen molar-refractivity contribution in [1.29, 1.82) is 0 Å². The lowest BCUT2D eigenvalue weighted by atomic mass is 10.0. The zero-order chi connectivity index (χ0) is 12.1. The smallest absolute Gasteiger partial charge is 0.0348 e. The van der Waals surface area contributed by atoms with E-state index in [0.29, 0.717) is 6.04 Å². The SMILES string of the molecule is CN1CCCN(C2CCCCCC2)C(CN)C1. The molecule has 1 aliphatic heterocycles. The highest BCUT2D eigenvalue weighted by atomic mass is 15.3. The van der Waals surface area contributed by atoms with Crippen molar-refractivity contribution in [3.8, 4) is 0 Å². The third-order valence-electron chi connectivity index (χ3n) is 4.51. The highest BCUT2D eigenvalue weighted by molar-refractivity contribution is 4.85. The Kier molecular flexibility index (Phi) is 5.26. The molecule has 0 bridgehead atoms. The van der Waals surface area contributed by atoms with E-state index in [0.717, 1.165) is 19.1 Å². The molecule has 0 aromatic heterocycles. The van der Waals surface area contributed by atoms with Gasteiger partial charge in [0.2, 0.25) is 0 Å². The van der Waals surface area contributed by atoms with Gasteiger partial charge < -0.3 is 10.6 Å². The van der Waals surface area contributed by atoms with Crippen molar-refractivity contribution in [3.05, 3.63) is 0 Å². The van der Waals surface area contributed by atoms with E-state index < -0.39 is 0 Å². The summed E-state index contributed by atoms with van der Waals surface area (Å²) >= 11 is 0. The van der Waals surface area contributed by atoms with Crippen LogP contribution in [0, 0.1) is 0 Å². The molecule has 2 N–H and O–H groups in total. The summed E-state index contributed by atoms with van der Waals surface area (Å²) in [6, 6.07) is 1.41. The van der Waals surface area contributed by atoms with Crippen molar-refractivity contribution < 1.29 is 0 Å². The van der Waals surface area contributed by atoms with Crippen LogP contribution in [0.15, 0.2) is 0 Å². The minimum Gasteiger partial charge on any atom is -0.329 e. The number of nitrogens with zero attached hydrogens (tertiary/aromatic N) is 2. The molecule has 17 heavy (non-hydrogen) atoms. The fourth-order valence-electron chi connectivity index (χ4n) is 3.54. The predicted octanol–water partition coefficient (Wildman–Crippen LogP) is 1.67. The molecule has 1 unspecified atom stereocenters. The van der Waals surface area contributed by atoms with Crippen molar-refractivity contribution in [3.63, 3.8) is 0 Å². The monoisotopic (exact) mass is 239 g/mol. The maximum atomic E-state index is 6.00. The van der Waals surface area contributed by atoms with E-state index in [1.165, 1.54) is 58.0 Å². The van der Waals surface area contributed by atoms with E-state index >= 15 is 0 Å². The molecule has 0 aromatic rings. The van der Waals surface area contributed by atoms with Gasteiger partial charge in [0.15, 0.2) is 0 Å². The Balaban J connectivity index is 1.99. The van der Waals surface area contributed by atoms with Gasteiger partial charge in [-0.2, -0.15) is 0 Å². The standard InChI is InChI=1S/C14H29N3/c1-16-9-6-10-17(14(11-15)12-16)13-7-4-2-3-5-8-13/h13-14H,2-12,15H2,1H3. The van der Waals surface area contributed by atoms with E-state index in [9.17, 15) is 0 Å². The van der Waals surface area contributed by atoms with E-state index in [-0.39, 0.29) is 0 Å². The third-order valence-corrected chi connectivity index (χ3v) is 4.51. The second-order valence-corrected chi connectivity index (χ2v) is 5.89. The van der Waals surface area contributed by atoms with Gasteiger partial charge in [0.25, 0.3) is 0 Å². The third kappa shape index (κ3) is 3.67. The van der Waals surface area contributed by atoms with Crippen LogP contribution in [-0.4, -0.2) is 55.1 Å². The second-order valence-electron chi connectivity index (χ2n) is 5.89. The maximum absolute atomic E-state index is 6.00. The molecule has 0 radical (unpaired) electrons. The Bertz CT molecular complexity index is 212. The summed E-state index contributed by atoms with van der Waals surface area (Å²) in [6.07, 6.45) is 9.85. The number of hydrogen-bond acceptors (Lipinski definition) is 3. The first-order valence-corrected chi connectivity index (χ1v) is 7.45. The molecule has 3 nitrogen and oxygen atoms in total. The molecule has 100 valence electrons. The topological polar surface area (TPSA) is 32.5 Å². The van der Waals surface area contributed by atoms with Gasteiger partial charge in [-0.1, -0.05) is 25.7 Å². The van der Waals surface area contributed by atoms with Gasteiger partial charge in [0, 0.05) is 31.7 Å². The van der Waals surface area contributed by atoms with Gasteiger partial charge >= 0.3 is 0 Å². The van der Waals surface area contributed by atoms with Crippen LogP contribution in [0.5, 0.6) is 0 Å². The van der Waals surface area contributed by atoms with E-state index in [2.05, 4.69) is 16.8 Å². The van der Waals surface area contributed by atoms with Crippen LogP contribution in [0.2, 0.25) is 0 Å². The van der Waals surface area contributed by atoms with Crippen LogP contribution >= 0.6 is 0 Å². The summed E-state index contributed by atoms with van der Waals surface area (Å²) in [4.78, 5) is 5.20. The van der Waals surface area contributed by atoms with Crippen molar-refractivity contribution in [1.82, 2.24) is 9.80 Å². The highest BCUT2D eigenvalue weighted by Gasteiger charge is 2.28. The van der Waals surface area contributed by atoms with Gasteiger partial charge in [0.05, 0.1) is 0 Å². The summed E-state index contributed by atoms with van der Waals surface area (Å²) in [5.41, 5.74) is 6.00. The van der Waals surface area contributed by atoms with Crippen LogP contribution in [0.1, 0.15) is 44.9 Å². The lowest BCUT2D eigenvalue weighted by Crippen LogP contribution is -2.49. The molecule has 0 aromatic carbocycles. The van der Waals surface area contributed by atoms with Crippen LogP contribution in [-0.2, 0) is 0 Å². The van der Waals surface area contributed by atoms with Crippen LogP contribution in [0.3, 0.4) is 0 Å². The number of hydrogen-bond donors (Lipinski definition) is 1. The Labute approximate surface area is 106 Å². The molecular formula is C14H29N3. The quantitative estimate of drug-likeness (QED) is 0.744. The minimum atomic E-state index is 0.589. The van der Waals surface area contributed by atoms with Crippen molar-refractivity contribution in [2.75, 3.05) is 33.2 Å². The first-order valence-electron chi connectivity index (χ1n) is 7.45. The fraction of sp³-hybridized carbons (Fsp3) is 1.00. The first-order chi connectivity index (χ1) is 8.31. The largest absolute Gasteiger partial charge is 0.329 e. The zero-order valence-corrected chi connectivity index (χ0v) is 11.4. The lowest BCUT2D eigenvalue weighted by molar-refractivity contribution is 0.123. The molecule has 1 heterocycles. The summed E-state index contributed by atoms with van der Waals surface area (Å²) in [5.74, 6) is 0. The summed E-state index contributed by atoms with van der Waals surface area (Å²) < 4.78 is 0. The predicted molar refractivity (Wildman–Crippen MR) is 73.2 cm³/mol. The van der Waals surface area contributed by atoms with Gasteiger partial charge in [-0.3, -0.25) is 4.90 Å². The minimum absolute atomic E-state index is 0.589. The van der Waals surface area contributed by atoms with Crippen LogP contribution in [0.25, 0.3) is 0 Å². The zero-order valence-electron chi connectivity index (χ0n) is 11.4. The molecule has 1 saturated carbocycles. The summed E-state index contributed by atoms with van der Waals surface area (Å²) in [6.45, 7) is 4.48. The summed E-state index contributed by atoms with van der Waals surface area (Å²) in [7, 11) is 2.24. The van der Waals surface area contributed by atoms with Gasteiger partial charge in [-0.25, -0.2) is 0 Å². The first kappa shape index (κ1) is 13.3. The van der Waals surface area contributed by atoms with Gasteiger partial charge in [-0.15, -0.1) is 0 Å². The highest BCUT2D eigenvalue weighted by Crippen LogP contribution is 2.24. The van der Waals surface area contributed by atoms with Crippen molar-refractivity contribution in [2.24, 2.45) is 5.73 Å². The van der Waals surface area contributed by atoms with E-state index in [1.807, 2.05) is 0 Å². The van der Waals surface area contributed by atoms with Crippen LogP contribution in [0.4, 0.5) is 0 Å². The molecule has 1 saturated heterocycles. The van der Waals surface area contributed by atoms with Gasteiger partial charge in [0.1, 0.15) is 0 Å². The molecule has 1 aliphatic carbocycles. The fourth-order valence-corrected chi connectivity index (χ4v) is 3.54. The van der Waals surface area contributed by atoms with Crippen molar-refractivity contribution in [2.45, 2.75) is 57.0 Å². The molecule has 2 rings (SSSR count). The Morgan fingerprint density at radius 1 is 1.00 bits per heavy atom. The lowest BCUT2D eigenvalue weighted by Gasteiger charge is -2.36. The average Bonchev–Trinajstić information content (AvgIpc) is 2.68. The van der Waals surface area contributed by atoms with E-state index in [1.54, 1.807) is 0 Å². The molecule has 0 amide bonds. The van der Waals surface area contributed by atoms with Crippen LogP contribution < -0.4 is 5.73 Å². The van der Waals surface area contributed by atoms with Crippen molar-refractivity contribution >= 4 is 0 Å². The number of nitrogens with two attached hydrogens (primary N) is 1. The molecular weight excluding hydrogens is 210 g/mol. The molecule has 0 spiro atoms. The second kappa shape index (κ2) is 6.72. The Morgan fingerprint density at radius 2 is 1.71 bits per heavy atom.